The molecule has 0 aromatic carbocycles. The fraction of sp³-hybridized carbons (Fsp3) is 0.857. The quantitative estimate of drug-likeness (QED) is 0.644. The van der Waals surface area contributed by atoms with Crippen molar-refractivity contribution in [3.63, 3.8) is 0 Å². The largest absolute Gasteiger partial charge is 0.357 e. The van der Waals surface area contributed by atoms with Gasteiger partial charge in [-0.1, -0.05) is 42.4 Å². The maximum Gasteiger partial charge on any atom is 0.233 e. The van der Waals surface area contributed by atoms with Crippen molar-refractivity contribution in [3.8, 4) is 0 Å². The van der Waals surface area contributed by atoms with Crippen LogP contribution < -0.4 is 10.6 Å². The predicted molar refractivity (Wildman–Crippen MR) is 115 cm³/mol. The molecule has 1 aromatic heterocycles. The third-order valence-electron chi connectivity index (χ3n) is 7.41. The Morgan fingerprint density at radius 2 is 1.71 bits per heavy atom. The average Bonchev–Trinajstić information content (AvgIpc) is 3.07. The third kappa shape index (κ3) is 4.07. The molecule has 7 heteroatoms. The fourth-order valence-electron chi connectivity index (χ4n) is 6.57. The molecule has 4 bridgehead atoms. The van der Waals surface area contributed by atoms with Gasteiger partial charge in [-0.3, -0.25) is 4.79 Å². The van der Waals surface area contributed by atoms with Crippen molar-refractivity contribution in [1.29, 1.82) is 0 Å². The summed E-state index contributed by atoms with van der Waals surface area (Å²) in [5.41, 5.74) is 0.0927. The Morgan fingerprint density at radius 1 is 1.07 bits per heavy atom. The van der Waals surface area contributed by atoms with Crippen molar-refractivity contribution in [2.45, 2.75) is 98.7 Å². The Kier molecular flexibility index (Phi) is 5.33. The van der Waals surface area contributed by atoms with Crippen molar-refractivity contribution in [2.24, 2.45) is 17.8 Å². The van der Waals surface area contributed by atoms with Gasteiger partial charge in [0.15, 0.2) is 4.34 Å². The van der Waals surface area contributed by atoms with Gasteiger partial charge in [-0.25, -0.2) is 0 Å². The number of aromatic nitrogens is 2. The van der Waals surface area contributed by atoms with E-state index in [2.05, 4.69) is 20.8 Å². The normalized spacial score (nSPS) is 35.7. The van der Waals surface area contributed by atoms with Crippen molar-refractivity contribution < 1.29 is 4.79 Å². The van der Waals surface area contributed by atoms with Gasteiger partial charge in [0.25, 0.3) is 0 Å². The Balaban J connectivity index is 1.16. The lowest BCUT2D eigenvalue weighted by molar-refractivity contribution is -0.126. The summed E-state index contributed by atoms with van der Waals surface area (Å²) in [5, 5.41) is 16.4. The topological polar surface area (TPSA) is 66.9 Å². The molecule has 1 unspecified atom stereocenters. The molecule has 5 fully saturated rings. The molecule has 5 aliphatic carbocycles. The summed E-state index contributed by atoms with van der Waals surface area (Å²) in [7, 11) is 0. The molecule has 0 spiro atoms. The fourth-order valence-corrected chi connectivity index (χ4v) is 8.54. The van der Waals surface area contributed by atoms with Crippen molar-refractivity contribution in [2.75, 3.05) is 5.32 Å². The molecule has 0 saturated heterocycles. The van der Waals surface area contributed by atoms with Gasteiger partial charge in [-0.15, -0.1) is 10.2 Å². The first-order chi connectivity index (χ1) is 13.6. The number of thioether (sulfide) groups is 1. The zero-order chi connectivity index (χ0) is 19.1. The van der Waals surface area contributed by atoms with Crippen LogP contribution in [-0.4, -0.2) is 32.9 Å². The van der Waals surface area contributed by atoms with E-state index in [9.17, 15) is 4.79 Å². The maximum atomic E-state index is 13.0. The molecule has 2 N–H and O–H groups in total. The van der Waals surface area contributed by atoms with Gasteiger partial charge in [-0.05, 0) is 76.0 Å². The molecular weight excluding hydrogens is 388 g/mol. The van der Waals surface area contributed by atoms with Gasteiger partial charge in [0, 0.05) is 11.6 Å². The van der Waals surface area contributed by atoms with E-state index in [-0.39, 0.29) is 16.7 Å². The monoisotopic (exact) mass is 420 g/mol. The van der Waals surface area contributed by atoms with Gasteiger partial charge < -0.3 is 10.6 Å². The molecule has 1 atom stereocenters. The van der Waals surface area contributed by atoms with E-state index >= 15 is 0 Å². The van der Waals surface area contributed by atoms with Crippen LogP contribution in [0.2, 0.25) is 0 Å². The second kappa shape index (κ2) is 7.78. The first-order valence-electron chi connectivity index (χ1n) is 11.2. The molecule has 0 aliphatic heterocycles. The number of carbonyl (C=O) groups is 1. The lowest BCUT2D eigenvalue weighted by Gasteiger charge is -2.57. The van der Waals surface area contributed by atoms with Crippen LogP contribution >= 0.6 is 23.1 Å². The minimum absolute atomic E-state index is 0.0927. The number of rotatable bonds is 6. The van der Waals surface area contributed by atoms with Gasteiger partial charge in [0.05, 0.1) is 5.25 Å². The first kappa shape index (κ1) is 19.2. The highest BCUT2D eigenvalue weighted by molar-refractivity contribution is 8.02. The second-order valence-corrected chi connectivity index (χ2v) is 12.4. The van der Waals surface area contributed by atoms with E-state index in [1.807, 2.05) is 6.92 Å². The van der Waals surface area contributed by atoms with Gasteiger partial charge >= 0.3 is 0 Å². The molecule has 154 valence electrons. The van der Waals surface area contributed by atoms with Crippen LogP contribution in [0.5, 0.6) is 0 Å². The minimum atomic E-state index is -0.122. The van der Waals surface area contributed by atoms with Crippen LogP contribution in [-0.2, 0) is 4.79 Å². The zero-order valence-corrected chi connectivity index (χ0v) is 18.4. The molecule has 0 radical (unpaired) electrons. The molecule has 5 saturated carbocycles. The minimum Gasteiger partial charge on any atom is -0.357 e. The van der Waals surface area contributed by atoms with Crippen molar-refractivity contribution in [1.82, 2.24) is 15.5 Å². The molecule has 1 heterocycles. The van der Waals surface area contributed by atoms with E-state index in [0.29, 0.717) is 6.04 Å². The molecular formula is C21H32N4OS2. The highest BCUT2D eigenvalue weighted by atomic mass is 32.2. The summed E-state index contributed by atoms with van der Waals surface area (Å²) < 4.78 is 0.895. The number of anilines is 1. The summed E-state index contributed by atoms with van der Waals surface area (Å²) in [5.74, 6) is 2.74. The molecule has 1 aromatic rings. The Bertz CT molecular complexity index is 680. The van der Waals surface area contributed by atoms with E-state index < -0.39 is 0 Å². The molecule has 5 aliphatic rings. The van der Waals surface area contributed by atoms with Crippen LogP contribution in [0.3, 0.4) is 0 Å². The lowest BCUT2D eigenvalue weighted by Crippen LogP contribution is -2.60. The SMILES string of the molecule is CC(Sc1nnc(NC2CCCCC2)s1)C(=O)NC12CC3CC(CC(C3)C1)C2. The smallest absolute Gasteiger partial charge is 0.233 e. The van der Waals surface area contributed by atoms with Crippen LogP contribution in [0, 0.1) is 17.8 Å². The molecule has 5 nitrogen and oxygen atoms in total. The van der Waals surface area contributed by atoms with E-state index in [1.165, 1.54) is 70.6 Å². The van der Waals surface area contributed by atoms with Gasteiger partial charge in [0.2, 0.25) is 11.0 Å². The number of hydrogen-bond acceptors (Lipinski definition) is 6. The summed E-state index contributed by atoms with van der Waals surface area (Å²) >= 11 is 3.15. The number of nitrogens with zero attached hydrogens (tertiary/aromatic N) is 2. The summed E-state index contributed by atoms with van der Waals surface area (Å²) in [4.78, 5) is 13.0. The Morgan fingerprint density at radius 3 is 2.36 bits per heavy atom. The second-order valence-electron chi connectivity index (χ2n) is 9.80. The van der Waals surface area contributed by atoms with E-state index in [4.69, 9.17) is 0 Å². The summed E-state index contributed by atoms with van der Waals surface area (Å²) in [6, 6.07) is 0.538. The average molecular weight is 421 g/mol. The van der Waals surface area contributed by atoms with Crippen LogP contribution in [0.15, 0.2) is 4.34 Å². The first-order valence-corrected chi connectivity index (χ1v) is 12.9. The number of hydrogen-bond donors (Lipinski definition) is 2. The maximum absolute atomic E-state index is 13.0. The Labute approximate surface area is 176 Å². The lowest BCUT2D eigenvalue weighted by atomic mass is 9.53. The van der Waals surface area contributed by atoms with Gasteiger partial charge in [0.1, 0.15) is 0 Å². The summed E-state index contributed by atoms with van der Waals surface area (Å²) in [6.07, 6.45) is 14.2. The predicted octanol–water partition coefficient (Wildman–Crippen LogP) is 4.85. The van der Waals surface area contributed by atoms with Gasteiger partial charge in [-0.2, -0.15) is 0 Å². The van der Waals surface area contributed by atoms with Crippen molar-refractivity contribution >= 4 is 34.1 Å². The van der Waals surface area contributed by atoms with Crippen LogP contribution in [0.1, 0.15) is 77.6 Å². The van der Waals surface area contributed by atoms with Crippen LogP contribution in [0.25, 0.3) is 0 Å². The number of amides is 1. The number of nitrogens with one attached hydrogen (secondary N) is 2. The highest BCUT2D eigenvalue weighted by Gasteiger charge is 2.51. The molecule has 6 rings (SSSR count). The standard InChI is InChI=1S/C21H32N4OS2/c1-13(27-20-25-24-19(28-20)22-17-5-3-2-4-6-17)18(26)23-21-10-14-7-15(11-21)9-16(8-14)12-21/h13-17H,2-12H2,1H3,(H,22,24)(H,23,26). The number of carbonyl (C=O) groups excluding carboxylic acids is 1. The van der Waals surface area contributed by atoms with E-state index in [0.717, 1.165) is 27.2 Å². The molecule has 28 heavy (non-hydrogen) atoms. The zero-order valence-electron chi connectivity index (χ0n) is 16.8. The van der Waals surface area contributed by atoms with Crippen LogP contribution in [0.4, 0.5) is 5.13 Å². The highest BCUT2D eigenvalue weighted by Crippen LogP contribution is 2.55. The summed E-state index contributed by atoms with van der Waals surface area (Å²) in [6.45, 7) is 2.01. The third-order valence-corrected chi connectivity index (χ3v) is 9.45. The van der Waals surface area contributed by atoms with E-state index in [1.54, 1.807) is 23.1 Å². The van der Waals surface area contributed by atoms with Crippen molar-refractivity contribution in [3.05, 3.63) is 0 Å². The Hall–Kier alpha value is -0.820. The molecule has 1 amide bonds.